The number of hydrogen-bond donors (Lipinski definition) is 2. The third-order valence-corrected chi connectivity index (χ3v) is 2.13. The first-order chi connectivity index (χ1) is 5.88. The summed E-state index contributed by atoms with van der Waals surface area (Å²) in [6.07, 6.45) is 0.375. The molecule has 0 radical (unpaired) electrons. The Morgan fingerprint density at radius 1 is 1.46 bits per heavy atom. The number of rotatable bonds is 1. The summed E-state index contributed by atoms with van der Waals surface area (Å²) in [7, 11) is 0. The van der Waals surface area contributed by atoms with Crippen molar-refractivity contribution in [3.63, 3.8) is 0 Å². The van der Waals surface area contributed by atoms with E-state index in [9.17, 15) is 4.79 Å². The van der Waals surface area contributed by atoms with Crippen LogP contribution in [0.2, 0.25) is 0 Å². The van der Waals surface area contributed by atoms with E-state index in [4.69, 9.17) is 11.5 Å². The van der Waals surface area contributed by atoms with Gasteiger partial charge in [-0.25, -0.2) is 0 Å². The summed E-state index contributed by atoms with van der Waals surface area (Å²) in [4.78, 5) is 13.2. The van der Waals surface area contributed by atoms with Crippen molar-refractivity contribution in [2.24, 2.45) is 11.5 Å². The molecule has 0 saturated carbocycles. The topological polar surface area (TPSA) is 72.3 Å². The van der Waals surface area contributed by atoms with Gasteiger partial charge in [0.05, 0.1) is 6.42 Å². The van der Waals surface area contributed by atoms with Crippen LogP contribution in [0.25, 0.3) is 0 Å². The van der Waals surface area contributed by atoms with Crippen molar-refractivity contribution in [2.75, 3.05) is 6.54 Å². The molecule has 0 atom stereocenters. The molecule has 0 bridgehead atoms. The minimum absolute atomic E-state index is 0.0467. The minimum atomic E-state index is -0.252. The standard InChI is InChI=1S/C9H17N3O/c1-9(2,3)12-7(13)4-6(5-10)8(12)11/h4-5,10-11H2,1-3H3. The SMILES string of the molecule is CC(C)(C)N1C(=O)CC(CN)=C1N. The molecule has 1 aliphatic heterocycles. The highest BCUT2D eigenvalue weighted by molar-refractivity contribution is 5.84. The zero-order valence-electron chi connectivity index (χ0n) is 8.42. The van der Waals surface area contributed by atoms with E-state index in [1.165, 1.54) is 0 Å². The molecule has 0 saturated heterocycles. The number of hydrogen-bond acceptors (Lipinski definition) is 3. The van der Waals surface area contributed by atoms with Crippen LogP contribution in [0, 0.1) is 0 Å². The number of nitrogens with two attached hydrogens (primary N) is 2. The van der Waals surface area contributed by atoms with Crippen LogP contribution in [0.15, 0.2) is 11.4 Å². The number of amides is 1. The van der Waals surface area contributed by atoms with Crippen LogP contribution in [0.3, 0.4) is 0 Å². The summed E-state index contributed by atoms with van der Waals surface area (Å²) in [5.41, 5.74) is 11.9. The zero-order valence-corrected chi connectivity index (χ0v) is 8.42. The third-order valence-electron chi connectivity index (χ3n) is 2.13. The predicted molar refractivity (Wildman–Crippen MR) is 51.5 cm³/mol. The van der Waals surface area contributed by atoms with Crippen LogP contribution in [0.4, 0.5) is 0 Å². The zero-order chi connectivity index (χ0) is 10.2. The summed E-state index contributed by atoms with van der Waals surface area (Å²) in [6, 6.07) is 0. The fourth-order valence-corrected chi connectivity index (χ4v) is 1.56. The Morgan fingerprint density at radius 2 is 2.00 bits per heavy atom. The highest BCUT2D eigenvalue weighted by Crippen LogP contribution is 2.27. The van der Waals surface area contributed by atoms with Gasteiger partial charge in [-0.2, -0.15) is 0 Å². The summed E-state index contributed by atoms with van der Waals surface area (Å²) in [6.45, 7) is 6.23. The summed E-state index contributed by atoms with van der Waals surface area (Å²) in [5.74, 6) is 0.588. The smallest absolute Gasteiger partial charge is 0.232 e. The first kappa shape index (κ1) is 10.1. The highest BCUT2D eigenvalue weighted by Gasteiger charge is 2.35. The van der Waals surface area contributed by atoms with Crippen molar-refractivity contribution >= 4 is 5.91 Å². The summed E-state index contributed by atoms with van der Waals surface area (Å²) >= 11 is 0. The van der Waals surface area contributed by atoms with Gasteiger partial charge in [-0.3, -0.25) is 9.69 Å². The van der Waals surface area contributed by atoms with Crippen LogP contribution >= 0.6 is 0 Å². The van der Waals surface area contributed by atoms with E-state index in [0.29, 0.717) is 18.8 Å². The molecular formula is C9H17N3O. The Labute approximate surface area is 78.6 Å². The number of carbonyl (C=O) groups excluding carboxylic acids is 1. The predicted octanol–water partition coefficient (Wildman–Crippen LogP) is 0.146. The molecule has 4 N–H and O–H groups in total. The average Bonchev–Trinajstić information content (AvgIpc) is 2.24. The van der Waals surface area contributed by atoms with Crippen LogP contribution in [0.5, 0.6) is 0 Å². The van der Waals surface area contributed by atoms with E-state index in [0.717, 1.165) is 5.57 Å². The van der Waals surface area contributed by atoms with Crippen molar-refractivity contribution < 1.29 is 4.79 Å². The van der Waals surface area contributed by atoms with Gasteiger partial charge in [0.2, 0.25) is 5.91 Å². The molecule has 4 nitrogen and oxygen atoms in total. The maximum absolute atomic E-state index is 11.5. The molecule has 0 spiro atoms. The van der Waals surface area contributed by atoms with Gasteiger partial charge in [0, 0.05) is 12.1 Å². The summed E-state index contributed by atoms with van der Waals surface area (Å²) < 4.78 is 0. The molecule has 1 rings (SSSR count). The van der Waals surface area contributed by atoms with Crippen LogP contribution < -0.4 is 11.5 Å². The van der Waals surface area contributed by atoms with Gasteiger partial charge in [-0.1, -0.05) is 0 Å². The third kappa shape index (κ3) is 1.67. The maximum Gasteiger partial charge on any atom is 0.232 e. The molecular weight excluding hydrogens is 166 g/mol. The van der Waals surface area contributed by atoms with Gasteiger partial charge in [0.25, 0.3) is 0 Å². The van der Waals surface area contributed by atoms with Crippen molar-refractivity contribution in [1.29, 1.82) is 0 Å². The lowest BCUT2D eigenvalue weighted by Gasteiger charge is -2.32. The van der Waals surface area contributed by atoms with E-state index >= 15 is 0 Å². The van der Waals surface area contributed by atoms with Gasteiger partial charge < -0.3 is 11.5 Å². The van der Waals surface area contributed by atoms with Gasteiger partial charge in [-0.15, -0.1) is 0 Å². The van der Waals surface area contributed by atoms with E-state index in [1.54, 1.807) is 4.90 Å². The Balaban J connectivity index is 2.99. The van der Waals surface area contributed by atoms with Crippen molar-refractivity contribution in [3.8, 4) is 0 Å². The van der Waals surface area contributed by atoms with E-state index in [2.05, 4.69) is 0 Å². The molecule has 0 aromatic heterocycles. The van der Waals surface area contributed by atoms with Crippen molar-refractivity contribution in [3.05, 3.63) is 11.4 Å². The fraction of sp³-hybridized carbons (Fsp3) is 0.667. The quantitative estimate of drug-likeness (QED) is 0.607. The molecule has 1 amide bonds. The van der Waals surface area contributed by atoms with E-state index in [1.807, 2.05) is 20.8 Å². The molecule has 0 unspecified atom stereocenters. The minimum Gasteiger partial charge on any atom is -0.385 e. The Kier molecular flexibility index (Phi) is 2.34. The van der Waals surface area contributed by atoms with E-state index < -0.39 is 0 Å². The van der Waals surface area contributed by atoms with Crippen LogP contribution in [-0.2, 0) is 4.79 Å². The summed E-state index contributed by atoms with van der Waals surface area (Å²) in [5, 5.41) is 0. The second-order valence-corrected chi connectivity index (χ2v) is 4.27. The molecule has 4 heteroatoms. The lowest BCUT2D eigenvalue weighted by molar-refractivity contribution is -0.130. The average molecular weight is 183 g/mol. The van der Waals surface area contributed by atoms with Crippen molar-refractivity contribution in [1.82, 2.24) is 4.90 Å². The molecule has 0 aromatic rings. The number of nitrogens with zero attached hydrogens (tertiary/aromatic N) is 1. The molecule has 1 heterocycles. The second kappa shape index (κ2) is 3.03. The maximum atomic E-state index is 11.5. The Hall–Kier alpha value is -1.03. The van der Waals surface area contributed by atoms with Gasteiger partial charge in [0.1, 0.15) is 5.82 Å². The molecule has 0 fully saturated rings. The molecule has 0 aromatic carbocycles. The lowest BCUT2D eigenvalue weighted by Crippen LogP contribution is -2.44. The Bertz CT molecular complexity index is 263. The first-order valence-corrected chi connectivity index (χ1v) is 4.38. The first-order valence-electron chi connectivity index (χ1n) is 4.38. The normalized spacial score (nSPS) is 18.8. The van der Waals surface area contributed by atoms with Gasteiger partial charge in [0.15, 0.2) is 0 Å². The van der Waals surface area contributed by atoms with Crippen molar-refractivity contribution in [2.45, 2.75) is 32.7 Å². The molecule has 0 aliphatic carbocycles. The largest absolute Gasteiger partial charge is 0.385 e. The van der Waals surface area contributed by atoms with Crippen LogP contribution in [-0.4, -0.2) is 22.9 Å². The van der Waals surface area contributed by atoms with Crippen LogP contribution in [0.1, 0.15) is 27.2 Å². The highest BCUT2D eigenvalue weighted by atomic mass is 16.2. The van der Waals surface area contributed by atoms with E-state index in [-0.39, 0.29) is 11.4 Å². The monoisotopic (exact) mass is 183 g/mol. The second-order valence-electron chi connectivity index (χ2n) is 4.27. The number of carbonyl (C=O) groups is 1. The lowest BCUT2D eigenvalue weighted by atomic mass is 10.1. The fourth-order valence-electron chi connectivity index (χ4n) is 1.56. The van der Waals surface area contributed by atoms with Gasteiger partial charge in [-0.05, 0) is 26.3 Å². The molecule has 13 heavy (non-hydrogen) atoms. The van der Waals surface area contributed by atoms with Gasteiger partial charge >= 0.3 is 0 Å². The Morgan fingerprint density at radius 3 is 2.23 bits per heavy atom. The molecule has 74 valence electrons. The molecule has 1 aliphatic rings.